The van der Waals surface area contributed by atoms with Crippen molar-refractivity contribution in [1.29, 1.82) is 0 Å². The fourth-order valence-electron chi connectivity index (χ4n) is 3.08. The first-order chi connectivity index (χ1) is 13.4. The van der Waals surface area contributed by atoms with Gasteiger partial charge in [0.05, 0.1) is 0 Å². The van der Waals surface area contributed by atoms with Gasteiger partial charge in [0.2, 0.25) is 5.91 Å². The Labute approximate surface area is 167 Å². The molecular weight excluding hydrogens is 352 g/mol. The van der Waals surface area contributed by atoms with E-state index in [0.29, 0.717) is 18.7 Å². The summed E-state index contributed by atoms with van der Waals surface area (Å²) in [5.41, 5.74) is 4.25. The largest absolute Gasteiger partial charge is 0.483 e. The minimum absolute atomic E-state index is 0.107. The molecule has 2 aromatic carbocycles. The zero-order valence-corrected chi connectivity index (χ0v) is 17.4. The lowest BCUT2D eigenvalue weighted by atomic mass is 10.1. The number of nitrogens with zero attached hydrogens (tertiary/aromatic N) is 1. The fraction of sp³-hybridized carbons (Fsp3) is 0.391. The van der Waals surface area contributed by atoms with Crippen molar-refractivity contribution in [2.75, 3.05) is 13.7 Å². The van der Waals surface area contributed by atoms with Crippen molar-refractivity contribution in [2.45, 2.75) is 46.7 Å². The molecule has 0 aliphatic heterocycles. The van der Waals surface area contributed by atoms with Crippen LogP contribution in [-0.2, 0) is 16.1 Å². The molecule has 0 aromatic heterocycles. The molecule has 1 atom stereocenters. The zero-order chi connectivity index (χ0) is 20.7. The first-order valence-corrected chi connectivity index (χ1v) is 9.63. The Balaban J connectivity index is 2.21. The van der Waals surface area contributed by atoms with E-state index >= 15 is 0 Å². The first-order valence-electron chi connectivity index (χ1n) is 9.63. The van der Waals surface area contributed by atoms with Gasteiger partial charge in [0.25, 0.3) is 5.91 Å². The highest BCUT2D eigenvalue weighted by atomic mass is 16.5. The van der Waals surface area contributed by atoms with Gasteiger partial charge in [0.15, 0.2) is 6.61 Å². The van der Waals surface area contributed by atoms with Crippen LogP contribution in [0.3, 0.4) is 0 Å². The molecule has 0 bridgehead atoms. The van der Waals surface area contributed by atoms with Crippen molar-refractivity contribution < 1.29 is 14.3 Å². The Bertz CT molecular complexity index is 815. The SMILES string of the molecule is CC[C@@H](C(=O)NC)N(Cc1ccc(C)cc1)C(=O)COc1cccc(C)c1C. The summed E-state index contributed by atoms with van der Waals surface area (Å²) in [6, 6.07) is 13.2. The molecule has 1 N–H and O–H groups in total. The van der Waals surface area contributed by atoms with Gasteiger partial charge >= 0.3 is 0 Å². The second kappa shape index (κ2) is 9.93. The van der Waals surface area contributed by atoms with E-state index in [4.69, 9.17) is 4.74 Å². The molecule has 0 heterocycles. The topological polar surface area (TPSA) is 58.6 Å². The van der Waals surface area contributed by atoms with Crippen molar-refractivity contribution in [3.63, 3.8) is 0 Å². The lowest BCUT2D eigenvalue weighted by molar-refractivity contribution is -0.142. The van der Waals surface area contributed by atoms with Gasteiger partial charge in [-0.1, -0.05) is 48.9 Å². The summed E-state index contributed by atoms with van der Waals surface area (Å²) in [5, 5.41) is 2.66. The third-order valence-corrected chi connectivity index (χ3v) is 5.01. The third-order valence-electron chi connectivity index (χ3n) is 5.01. The average Bonchev–Trinajstić information content (AvgIpc) is 2.69. The van der Waals surface area contributed by atoms with Gasteiger partial charge in [-0.25, -0.2) is 0 Å². The molecule has 5 nitrogen and oxygen atoms in total. The van der Waals surface area contributed by atoms with E-state index in [9.17, 15) is 9.59 Å². The minimum atomic E-state index is -0.541. The Morgan fingerprint density at radius 2 is 1.75 bits per heavy atom. The average molecular weight is 383 g/mol. The summed E-state index contributed by atoms with van der Waals surface area (Å²) in [5.74, 6) is 0.309. The molecule has 0 unspecified atom stereocenters. The van der Waals surface area contributed by atoms with E-state index in [1.54, 1.807) is 11.9 Å². The van der Waals surface area contributed by atoms with Crippen LogP contribution in [0, 0.1) is 20.8 Å². The summed E-state index contributed by atoms with van der Waals surface area (Å²) in [4.78, 5) is 27.0. The number of aryl methyl sites for hydroxylation is 2. The van der Waals surface area contributed by atoms with Crippen LogP contribution in [0.5, 0.6) is 5.75 Å². The number of likely N-dealkylation sites (N-methyl/N-ethyl adjacent to an activating group) is 1. The minimum Gasteiger partial charge on any atom is -0.483 e. The molecule has 0 radical (unpaired) electrons. The maximum Gasteiger partial charge on any atom is 0.261 e. The van der Waals surface area contributed by atoms with E-state index in [1.807, 2.05) is 70.2 Å². The highest BCUT2D eigenvalue weighted by Gasteiger charge is 2.28. The van der Waals surface area contributed by atoms with Crippen LogP contribution in [0.1, 0.15) is 35.6 Å². The highest BCUT2D eigenvalue weighted by molar-refractivity contribution is 5.88. The summed E-state index contributed by atoms with van der Waals surface area (Å²) in [7, 11) is 1.59. The van der Waals surface area contributed by atoms with Crippen LogP contribution in [0.2, 0.25) is 0 Å². The number of amides is 2. The first kappa shape index (κ1) is 21.5. The van der Waals surface area contributed by atoms with E-state index in [2.05, 4.69) is 5.32 Å². The summed E-state index contributed by atoms with van der Waals surface area (Å²) in [6.07, 6.45) is 0.529. The number of carbonyl (C=O) groups excluding carboxylic acids is 2. The van der Waals surface area contributed by atoms with Gasteiger partial charge in [0.1, 0.15) is 11.8 Å². The van der Waals surface area contributed by atoms with E-state index < -0.39 is 6.04 Å². The molecule has 0 fully saturated rings. The second-order valence-corrected chi connectivity index (χ2v) is 7.03. The number of rotatable bonds is 8. The number of carbonyl (C=O) groups is 2. The van der Waals surface area contributed by atoms with Gasteiger partial charge in [0, 0.05) is 13.6 Å². The monoisotopic (exact) mass is 382 g/mol. The molecule has 0 spiro atoms. The van der Waals surface area contributed by atoms with Crippen LogP contribution in [0.15, 0.2) is 42.5 Å². The van der Waals surface area contributed by atoms with Crippen LogP contribution in [0.25, 0.3) is 0 Å². The Hall–Kier alpha value is -2.82. The summed E-state index contributed by atoms with van der Waals surface area (Å²) < 4.78 is 5.80. The highest BCUT2D eigenvalue weighted by Crippen LogP contribution is 2.21. The Morgan fingerprint density at radius 3 is 2.36 bits per heavy atom. The van der Waals surface area contributed by atoms with Crippen LogP contribution in [-0.4, -0.2) is 36.4 Å². The smallest absolute Gasteiger partial charge is 0.261 e. The second-order valence-electron chi connectivity index (χ2n) is 7.03. The van der Waals surface area contributed by atoms with E-state index in [0.717, 1.165) is 22.3 Å². The van der Waals surface area contributed by atoms with Crippen molar-refractivity contribution in [3.05, 3.63) is 64.7 Å². The van der Waals surface area contributed by atoms with Gasteiger partial charge in [-0.2, -0.15) is 0 Å². The molecule has 28 heavy (non-hydrogen) atoms. The fourth-order valence-corrected chi connectivity index (χ4v) is 3.08. The zero-order valence-electron chi connectivity index (χ0n) is 17.4. The molecular formula is C23H30N2O3. The number of nitrogens with one attached hydrogen (secondary N) is 1. The van der Waals surface area contributed by atoms with Gasteiger partial charge < -0.3 is 15.0 Å². The van der Waals surface area contributed by atoms with Crippen molar-refractivity contribution in [3.8, 4) is 5.75 Å². The lowest BCUT2D eigenvalue weighted by Crippen LogP contribution is -2.49. The van der Waals surface area contributed by atoms with Crippen LogP contribution < -0.4 is 10.1 Å². The van der Waals surface area contributed by atoms with Crippen molar-refractivity contribution in [2.24, 2.45) is 0 Å². The number of ether oxygens (including phenoxy) is 1. The Kier molecular flexibility index (Phi) is 7.61. The predicted molar refractivity (Wildman–Crippen MR) is 111 cm³/mol. The van der Waals surface area contributed by atoms with Gasteiger partial charge in [-0.3, -0.25) is 9.59 Å². The maximum atomic E-state index is 13.0. The molecule has 0 saturated carbocycles. The molecule has 150 valence electrons. The number of benzene rings is 2. The molecule has 0 aliphatic carbocycles. The lowest BCUT2D eigenvalue weighted by Gasteiger charge is -2.30. The van der Waals surface area contributed by atoms with Crippen molar-refractivity contribution >= 4 is 11.8 Å². The summed E-state index contributed by atoms with van der Waals surface area (Å²) >= 11 is 0. The number of hydrogen-bond acceptors (Lipinski definition) is 3. The molecule has 0 saturated heterocycles. The Morgan fingerprint density at radius 1 is 1.07 bits per heavy atom. The molecule has 2 rings (SSSR count). The van der Waals surface area contributed by atoms with Crippen LogP contribution in [0.4, 0.5) is 0 Å². The molecule has 2 aromatic rings. The number of hydrogen-bond donors (Lipinski definition) is 1. The molecule has 2 amide bonds. The van der Waals surface area contributed by atoms with Crippen molar-refractivity contribution in [1.82, 2.24) is 10.2 Å². The van der Waals surface area contributed by atoms with Gasteiger partial charge in [-0.15, -0.1) is 0 Å². The van der Waals surface area contributed by atoms with Gasteiger partial charge in [-0.05, 0) is 49.9 Å². The molecule has 0 aliphatic rings. The molecule has 5 heteroatoms. The normalized spacial score (nSPS) is 11.6. The standard InChI is InChI=1S/C23H30N2O3/c1-6-20(23(27)24-5)25(14-19-12-10-16(2)11-13-19)22(26)15-28-21-9-7-8-17(3)18(21)4/h7-13,20H,6,14-15H2,1-5H3,(H,24,27)/t20-/m0/s1. The van der Waals surface area contributed by atoms with E-state index in [1.165, 1.54) is 0 Å². The van der Waals surface area contributed by atoms with E-state index in [-0.39, 0.29) is 18.4 Å². The quantitative estimate of drug-likeness (QED) is 0.760. The summed E-state index contributed by atoms with van der Waals surface area (Å²) in [6.45, 7) is 8.15. The van der Waals surface area contributed by atoms with Crippen LogP contribution >= 0.6 is 0 Å². The third kappa shape index (κ3) is 5.35. The maximum absolute atomic E-state index is 13.0. The predicted octanol–water partition coefficient (Wildman–Crippen LogP) is 3.54.